The largest absolute Gasteiger partial charge is 0.469 e. The van der Waals surface area contributed by atoms with Gasteiger partial charge in [0.2, 0.25) is 0 Å². The van der Waals surface area contributed by atoms with Gasteiger partial charge in [-0.05, 0) is 44.0 Å². The third-order valence-corrected chi connectivity index (χ3v) is 5.24. The maximum absolute atomic E-state index is 14.4. The molecule has 1 unspecified atom stereocenters. The van der Waals surface area contributed by atoms with Crippen LogP contribution in [-0.2, 0) is 20.7 Å². The minimum atomic E-state index is -0.801. The van der Waals surface area contributed by atoms with Crippen molar-refractivity contribution < 1.29 is 27.8 Å². The van der Waals surface area contributed by atoms with E-state index in [2.05, 4.69) is 9.97 Å². The van der Waals surface area contributed by atoms with E-state index in [0.717, 1.165) is 23.3 Å². The normalized spacial score (nSPS) is 11.7. The lowest BCUT2D eigenvalue weighted by Gasteiger charge is -2.14. The summed E-state index contributed by atoms with van der Waals surface area (Å²) in [6, 6.07) is 10.7. The van der Waals surface area contributed by atoms with Crippen LogP contribution in [0.2, 0.25) is 0 Å². The van der Waals surface area contributed by atoms with E-state index >= 15 is 0 Å². The Balaban J connectivity index is 2.06. The minimum Gasteiger partial charge on any atom is -0.469 e. The number of esters is 2. The van der Waals surface area contributed by atoms with Crippen LogP contribution in [0.1, 0.15) is 52.6 Å². The lowest BCUT2D eigenvalue weighted by atomic mass is 9.97. The molecule has 1 heterocycles. The highest BCUT2D eigenvalue weighted by molar-refractivity contribution is 5.92. The van der Waals surface area contributed by atoms with Crippen LogP contribution < -0.4 is 0 Å². The second-order valence-electron chi connectivity index (χ2n) is 7.43. The standard InChI is InChI=1S/C25H24F2N2O4/c1-5-33-25(31)21-15(3)28-23(22-18(26)7-6-8-19(22)27)29-20(21)13-16-9-11-17(12-10-16)14(2)24(30)32-4/h6-12,14H,5,13H2,1-4H3. The molecule has 0 saturated carbocycles. The molecule has 0 aliphatic heterocycles. The summed E-state index contributed by atoms with van der Waals surface area (Å²) in [6.45, 7) is 5.14. The maximum Gasteiger partial charge on any atom is 0.341 e. The Morgan fingerprint density at radius 2 is 1.67 bits per heavy atom. The van der Waals surface area contributed by atoms with E-state index in [-0.39, 0.29) is 47.3 Å². The van der Waals surface area contributed by atoms with Crippen molar-refractivity contribution in [1.29, 1.82) is 0 Å². The molecule has 6 nitrogen and oxygen atoms in total. The summed E-state index contributed by atoms with van der Waals surface area (Å²) in [5, 5.41) is 0. The van der Waals surface area contributed by atoms with Gasteiger partial charge in [0.25, 0.3) is 0 Å². The monoisotopic (exact) mass is 454 g/mol. The first-order valence-corrected chi connectivity index (χ1v) is 10.4. The van der Waals surface area contributed by atoms with Gasteiger partial charge < -0.3 is 9.47 Å². The Hall–Kier alpha value is -3.68. The number of halogens is 2. The van der Waals surface area contributed by atoms with Crippen LogP contribution in [0.3, 0.4) is 0 Å². The third-order valence-electron chi connectivity index (χ3n) is 5.24. The number of hydrogen-bond acceptors (Lipinski definition) is 6. The van der Waals surface area contributed by atoms with E-state index in [1.54, 1.807) is 45.0 Å². The maximum atomic E-state index is 14.4. The van der Waals surface area contributed by atoms with Crippen LogP contribution in [0.5, 0.6) is 0 Å². The van der Waals surface area contributed by atoms with Gasteiger partial charge >= 0.3 is 11.9 Å². The molecule has 0 amide bonds. The Morgan fingerprint density at radius 1 is 1.03 bits per heavy atom. The van der Waals surface area contributed by atoms with Gasteiger partial charge in [0.05, 0.1) is 36.6 Å². The number of nitrogens with zero attached hydrogens (tertiary/aromatic N) is 2. The van der Waals surface area contributed by atoms with E-state index < -0.39 is 23.5 Å². The zero-order valence-corrected chi connectivity index (χ0v) is 18.8. The zero-order valence-electron chi connectivity index (χ0n) is 18.8. The van der Waals surface area contributed by atoms with E-state index in [1.165, 1.54) is 13.2 Å². The second kappa shape index (κ2) is 10.3. The highest BCUT2D eigenvalue weighted by atomic mass is 19.1. The smallest absolute Gasteiger partial charge is 0.341 e. The minimum absolute atomic E-state index is 0.151. The Kier molecular flexibility index (Phi) is 7.48. The third kappa shape index (κ3) is 5.22. The van der Waals surface area contributed by atoms with E-state index in [0.29, 0.717) is 0 Å². The number of ether oxygens (including phenoxy) is 2. The first kappa shape index (κ1) is 24.0. The highest BCUT2D eigenvalue weighted by Gasteiger charge is 2.23. The molecule has 0 bridgehead atoms. The van der Waals surface area contributed by atoms with Crippen LogP contribution in [-0.4, -0.2) is 35.6 Å². The van der Waals surface area contributed by atoms with Crippen LogP contribution in [0.25, 0.3) is 11.4 Å². The molecule has 0 aliphatic carbocycles. The summed E-state index contributed by atoms with van der Waals surface area (Å²) in [5.74, 6) is -3.15. The number of benzene rings is 2. The number of hydrogen-bond donors (Lipinski definition) is 0. The molecule has 8 heteroatoms. The summed E-state index contributed by atoms with van der Waals surface area (Å²) in [6.07, 6.45) is 0.188. The van der Waals surface area contributed by atoms with Crippen molar-refractivity contribution >= 4 is 11.9 Å². The number of methoxy groups -OCH3 is 1. The van der Waals surface area contributed by atoms with Gasteiger partial charge in [-0.1, -0.05) is 30.3 Å². The first-order valence-electron chi connectivity index (χ1n) is 10.4. The number of aromatic nitrogens is 2. The second-order valence-corrected chi connectivity index (χ2v) is 7.43. The fourth-order valence-electron chi connectivity index (χ4n) is 3.48. The van der Waals surface area contributed by atoms with Crippen molar-refractivity contribution in [2.45, 2.75) is 33.1 Å². The van der Waals surface area contributed by atoms with Crippen molar-refractivity contribution in [3.8, 4) is 11.4 Å². The topological polar surface area (TPSA) is 78.4 Å². The van der Waals surface area contributed by atoms with Crippen LogP contribution in [0, 0.1) is 18.6 Å². The molecule has 33 heavy (non-hydrogen) atoms. The van der Waals surface area contributed by atoms with Crippen LogP contribution >= 0.6 is 0 Å². The Morgan fingerprint density at radius 3 is 2.24 bits per heavy atom. The number of carbonyl (C=O) groups is 2. The molecule has 0 fully saturated rings. The Bertz CT molecular complexity index is 1160. The molecule has 3 rings (SSSR count). The predicted octanol–water partition coefficient (Wildman–Crippen LogP) is 4.77. The van der Waals surface area contributed by atoms with Gasteiger partial charge in [-0.15, -0.1) is 0 Å². The van der Waals surface area contributed by atoms with E-state index in [4.69, 9.17) is 9.47 Å². The van der Waals surface area contributed by atoms with Crippen LogP contribution in [0.15, 0.2) is 42.5 Å². The lowest BCUT2D eigenvalue weighted by molar-refractivity contribution is -0.142. The summed E-state index contributed by atoms with van der Waals surface area (Å²) in [4.78, 5) is 32.9. The molecule has 0 spiro atoms. The zero-order chi connectivity index (χ0) is 24.1. The molecular weight excluding hydrogens is 430 g/mol. The van der Waals surface area contributed by atoms with E-state index in [1.807, 2.05) is 0 Å². The van der Waals surface area contributed by atoms with Gasteiger partial charge in [-0.25, -0.2) is 23.5 Å². The summed E-state index contributed by atoms with van der Waals surface area (Å²) in [7, 11) is 1.33. The molecule has 1 aromatic heterocycles. The van der Waals surface area contributed by atoms with Crippen LogP contribution in [0.4, 0.5) is 8.78 Å². The summed E-state index contributed by atoms with van der Waals surface area (Å²) in [5.41, 5.74) is 1.88. The molecule has 0 N–H and O–H groups in total. The average Bonchev–Trinajstić information content (AvgIpc) is 2.78. The van der Waals surface area contributed by atoms with E-state index in [9.17, 15) is 18.4 Å². The fourth-order valence-corrected chi connectivity index (χ4v) is 3.48. The molecule has 172 valence electrons. The first-order chi connectivity index (χ1) is 15.8. The van der Waals surface area contributed by atoms with Gasteiger partial charge in [-0.2, -0.15) is 0 Å². The number of carbonyl (C=O) groups excluding carboxylic acids is 2. The molecular formula is C25H24F2N2O4. The molecule has 1 atom stereocenters. The summed E-state index contributed by atoms with van der Waals surface area (Å²) < 4.78 is 38.7. The van der Waals surface area contributed by atoms with Crippen molar-refractivity contribution in [2.24, 2.45) is 0 Å². The van der Waals surface area contributed by atoms with Gasteiger partial charge in [0.15, 0.2) is 5.82 Å². The van der Waals surface area contributed by atoms with Gasteiger partial charge in [0, 0.05) is 6.42 Å². The lowest BCUT2D eigenvalue weighted by Crippen LogP contribution is -2.15. The van der Waals surface area contributed by atoms with Crippen molar-refractivity contribution in [2.75, 3.05) is 13.7 Å². The molecule has 0 saturated heterocycles. The Labute approximate surface area is 190 Å². The summed E-state index contributed by atoms with van der Waals surface area (Å²) >= 11 is 0. The molecule has 3 aromatic rings. The average molecular weight is 454 g/mol. The highest BCUT2D eigenvalue weighted by Crippen LogP contribution is 2.27. The number of rotatable bonds is 7. The van der Waals surface area contributed by atoms with Crippen molar-refractivity contribution in [3.05, 3.63) is 82.2 Å². The fraction of sp³-hybridized carbons (Fsp3) is 0.280. The van der Waals surface area contributed by atoms with Gasteiger partial charge in [-0.3, -0.25) is 4.79 Å². The number of aryl methyl sites for hydroxylation is 1. The predicted molar refractivity (Wildman–Crippen MR) is 118 cm³/mol. The van der Waals surface area contributed by atoms with Crippen molar-refractivity contribution in [1.82, 2.24) is 9.97 Å². The quantitative estimate of drug-likeness (QED) is 0.479. The SMILES string of the molecule is CCOC(=O)c1c(C)nc(-c2c(F)cccc2F)nc1Cc1ccc(C(C)C(=O)OC)cc1. The van der Waals surface area contributed by atoms with Gasteiger partial charge in [0.1, 0.15) is 17.2 Å². The molecule has 0 aliphatic rings. The van der Waals surface area contributed by atoms with Crippen molar-refractivity contribution in [3.63, 3.8) is 0 Å². The molecule has 2 aromatic carbocycles. The molecule has 0 radical (unpaired) electrons.